The summed E-state index contributed by atoms with van der Waals surface area (Å²) in [4.78, 5) is 6.09. The predicted molar refractivity (Wildman–Crippen MR) is 104 cm³/mol. The molecular formula is C20H17NOSSe. The van der Waals surface area contributed by atoms with Gasteiger partial charge in [-0.05, 0) is 0 Å². The van der Waals surface area contributed by atoms with E-state index in [0.29, 0.717) is 0 Å². The third-order valence-corrected chi connectivity index (χ3v) is 6.54. The minimum absolute atomic E-state index is 0.168. The Bertz CT molecular complexity index is 745. The van der Waals surface area contributed by atoms with E-state index in [0.717, 1.165) is 15.4 Å². The normalized spacial score (nSPS) is 11.3. The SMILES string of the molecule is COc1ccc(N=C(Sc2ccccc2)[Se]c2ccccc2)cc1. The molecule has 3 rings (SSSR count). The average molecular weight is 398 g/mol. The Kier molecular flexibility index (Phi) is 6.13. The molecule has 0 aliphatic carbocycles. The topological polar surface area (TPSA) is 21.6 Å². The maximum atomic E-state index is 5.22. The number of benzene rings is 3. The summed E-state index contributed by atoms with van der Waals surface area (Å²) in [7, 11) is 1.67. The van der Waals surface area contributed by atoms with Crippen molar-refractivity contribution < 1.29 is 4.74 Å². The molecule has 24 heavy (non-hydrogen) atoms. The van der Waals surface area contributed by atoms with Crippen molar-refractivity contribution >= 4 is 40.8 Å². The first-order valence-electron chi connectivity index (χ1n) is 7.52. The zero-order valence-electron chi connectivity index (χ0n) is 13.3. The van der Waals surface area contributed by atoms with Gasteiger partial charge in [0.15, 0.2) is 0 Å². The summed E-state index contributed by atoms with van der Waals surface area (Å²) < 4.78 is 7.67. The second-order valence-corrected chi connectivity index (χ2v) is 8.78. The monoisotopic (exact) mass is 399 g/mol. The Balaban J connectivity index is 1.86. The number of hydrogen-bond donors (Lipinski definition) is 0. The summed E-state index contributed by atoms with van der Waals surface area (Å²) in [5.74, 6) is 0.847. The molecule has 0 unspecified atom stereocenters. The van der Waals surface area contributed by atoms with Gasteiger partial charge in [-0.15, -0.1) is 0 Å². The molecule has 4 heteroatoms. The van der Waals surface area contributed by atoms with Crippen LogP contribution in [0.5, 0.6) is 5.75 Å². The molecule has 0 atom stereocenters. The van der Waals surface area contributed by atoms with E-state index in [4.69, 9.17) is 9.73 Å². The summed E-state index contributed by atoms with van der Waals surface area (Å²) in [6, 6.07) is 28.8. The molecule has 0 aromatic heterocycles. The summed E-state index contributed by atoms with van der Waals surface area (Å²) >= 11 is 1.90. The fraction of sp³-hybridized carbons (Fsp3) is 0.0500. The second kappa shape index (κ2) is 8.74. The second-order valence-electron chi connectivity index (χ2n) is 4.91. The van der Waals surface area contributed by atoms with Crippen molar-refractivity contribution in [1.29, 1.82) is 0 Å². The van der Waals surface area contributed by atoms with Crippen molar-refractivity contribution in [2.24, 2.45) is 4.99 Å². The van der Waals surface area contributed by atoms with E-state index in [1.54, 1.807) is 18.9 Å². The van der Waals surface area contributed by atoms with Crippen LogP contribution >= 0.6 is 11.8 Å². The molecule has 0 bridgehead atoms. The molecule has 0 saturated heterocycles. The molecule has 2 nitrogen and oxygen atoms in total. The molecule has 3 aromatic carbocycles. The Labute approximate surface area is 153 Å². The first kappa shape index (κ1) is 16.8. The van der Waals surface area contributed by atoms with Crippen LogP contribution in [-0.4, -0.2) is 26.0 Å². The van der Waals surface area contributed by atoms with Crippen LogP contribution in [-0.2, 0) is 0 Å². The number of rotatable bonds is 5. The number of methoxy groups -OCH3 is 1. The Morgan fingerprint density at radius 2 is 1.46 bits per heavy atom. The number of thioether (sulfide) groups is 1. The van der Waals surface area contributed by atoms with Gasteiger partial charge < -0.3 is 0 Å². The Morgan fingerprint density at radius 1 is 0.833 bits per heavy atom. The number of ether oxygens (including phenoxy) is 1. The van der Waals surface area contributed by atoms with E-state index in [1.807, 2.05) is 36.4 Å². The van der Waals surface area contributed by atoms with Gasteiger partial charge in [0.1, 0.15) is 0 Å². The molecule has 0 saturated carbocycles. The third-order valence-electron chi connectivity index (χ3n) is 3.19. The van der Waals surface area contributed by atoms with Crippen LogP contribution in [0, 0.1) is 0 Å². The van der Waals surface area contributed by atoms with E-state index in [1.165, 1.54) is 9.36 Å². The van der Waals surface area contributed by atoms with Gasteiger partial charge in [-0.2, -0.15) is 0 Å². The number of hydrogen-bond acceptors (Lipinski definition) is 3. The van der Waals surface area contributed by atoms with Crippen molar-refractivity contribution in [2.75, 3.05) is 7.11 Å². The summed E-state index contributed by atoms with van der Waals surface area (Å²) in [6.45, 7) is 0. The minimum atomic E-state index is 0.168. The van der Waals surface area contributed by atoms with Crippen LogP contribution < -0.4 is 9.20 Å². The Morgan fingerprint density at radius 3 is 2.08 bits per heavy atom. The van der Waals surface area contributed by atoms with Crippen molar-refractivity contribution in [1.82, 2.24) is 0 Å². The first-order chi connectivity index (χ1) is 11.8. The van der Waals surface area contributed by atoms with Crippen molar-refractivity contribution in [3.63, 3.8) is 0 Å². The van der Waals surface area contributed by atoms with Gasteiger partial charge in [-0.25, -0.2) is 0 Å². The maximum absolute atomic E-state index is 5.22. The Hall–Kier alpha value is -2.00. The van der Waals surface area contributed by atoms with Crippen LogP contribution in [0.2, 0.25) is 0 Å². The van der Waals surface area contributed by atoms with Crippen LogP contribution in [0.3, 0.4) is 0 Å². The van der Waals surface area contributed by atoms with E-state index in [2.05, 4.69) is 48.5 Å². The van der Waals surface area contributed by atoms with Gasteiger partial charge in [-0.3, -0.25) is 0 Å². The molecule has 0 radical (unpaired) electrons. The van der Waals surface area contributed by atoms with E-state index in [9.17, 15) is 0 Å². The fourth-order valence-corrected chi connectivity index (χ4v) is 5.42. The molecule has 0 N–H and O–H groups in total. The van der Waals surface area contributed by atoms with Gasteiger partial charge >= 0.3 is 153 Å². The van der Waals surface area contributed by atoms with Crippen molar-refractivity contribution in [3.8, 4) is 5.75 Å². The van der Waals surface area contributed by atoms with Crippen molar-refractivity contribution in [2.45, 2.75) is 4.90 Å². The molecule has 0 fully saturated rings. The molecule has 0 aliphatic rings. The fourth-order valence-electron chi connectivity index (χ4n) is 2.01. The van der Waals surface area contributed by atoms with Crippen molar-refractivity contribution in [3.05, 3.63) is 84.9 Å². The van der Waals surface area contributed by atoms with Gasteiger partial charge in [0.25, 0.3) is 0 Å². The quantitative estimate of drug-likeness (QED) is 0.273. The molecule has 120 valence electrons. The van der Waals surface area contributed by atoms with Gasteiger partial charge in [-0.1, -0.05) is 0 Å². The number of nitrogens with zero attached hydrogens (tertiary/aromatic N) is 1. The standard InChI is InChI=1S/C20H17NOSSe/c1-22-17-14-12-16(13-15-17)21-20(23-18-8-4-2-5-9-18)24-19-10-6-3-7-11-19/h2-15H,1H3. The first-order valence-corrected chi connectivity index (χ1v) is 10.0. The average Bonchev–Trinajstić information content (AvgIpc) is 2.64. The van der Waals surface area contributed by atoms with Crippen LogP contribution in [0.1, 0.15) is 0 Å². The summed E-state index contributed by atoms with van der Waals surface area (Å²) in [5.41, 5.74) is 0.951. The molecular weight excluding hydrogens is 381 g/mol. The molecule has 0 heterocycles. The van der Waals surface area contributed by atoms with Crippen LogP contribution in [0.15, 0.2) is 94.8 Å². The van der Waals surface area contributed by atoms with Gasteiger partial charge in [0.2, 0.25) is 0 Å². The third kappa shape index (κ3) is 5.00. The predicted octanol–water partition coefficient (Wildman–Crippen LogP) is 4.50. The molecule has 0 aliphatic heterocycles. The van der Waals surface area contributed by atoms with E-state index in [-0.39, 0.29) is 15.0 Å². The zero-order valence-corrected chi connectivity index (χ0v) is 15.8. The summed E-state index contributed by atoms with van der Waals surface area (Å²) in [5, 5.41) is 0. The van der Waals surface area contributed by atoms with Gasteiger partial charge in [0.05, 0.1) is 0 Å². The molecule has 3 aromatic rings. The van der Waals surface area contributed by atoms with Crippen LogP contribution in [0.4, 0.5) is 5.69 Å². The van der Waals surface area contributed by atoms with E-state index >= 15 is 0 Å². The van der Waals surface area contributed by atoms with E-state index < -0.39 is 0 Å². The zero-order chi connectivity index (χ0) is 16.6. The van der Waals surface area contributed by atoms with Crippen LogP contribution in [0.25, 0.3) is 0 Å². The van der Waals surface area contributed by atoms with Gasteiger partial charge in [0, 0.05) is 0 Å². The number of aliphatic imine (C=N–C) groups is 1. The molecule has 0 amide bonds. The summed E-state index contributed by atoms with van der Waals surface area (Å²) in [6.07, 6.45) is 0. The molecule has 0 spiro atoms.